The minimum atomic E-state index is -0.822. The van der Waals surface area contributed by atoms with Crippen LogP contribution in [0.25, 0.3) is 0 Å². The number of thiocarbonyl (C=S) groups is 1. The molecule has 0 fully saturated rings. The molecule has 0 saturated heterocycles. The molecular weight excluding hydrogens is 320 g/mol. The van der Waals surface area contributed by atoms with Crippen LogP contribution < -0.4 is 5.32 Å². The fourth-order valence-corrected chi connectivity index (χ4v) is 2.29. The van der Waals surface area contributed by atoms with Gasteiger partial charge in [-0.15, -0.1) is 0 Å². The van der Waals surface area contributed by atoms with Gasteiger partial charge in [-0.1, -0.05) is 60.7 Å². The van der Waals surface area contributed by atoms with Crippen molar-refractivity contribution in [3.8, 4) is 0 Å². The second-order valence-electron chi connectivity index (χ2n) is 5.02. The van der Waals surface area contributed by atoms with Crippen LogP contribution in [0.2, 0.25) is 0 Å². The van der Waals surface area contributed by atoms with Gasteiger partial charge in [0.25, 0.3) is 5.91 Å². The molecule has 1 heterocycles. The number of hydrogen-bond donors (Lipinski definition) is 1. The van der Waals surface area contributed by atoms with Crippen LogP contribution in [0.1, 0.15) is 11.1 Å². The standard InChI is InChI=1S/C18H14N4OS/c23-17-15(19-11-13-7-3-1-4-8-13)16(21-18(24)22-17)20-12-14-9-5-2-6-10-14/h1-12,15H,(H,22,23,24). The number of aliphatic imine (C=N–C) groups is 3. The Morgan fingerprint density at radius 2 is 1.54 bits per heavy atom. The van der Waals surface area contributed by atoms with Crippen LogP contribution >= 0.6 is 12.2 Å². The summed E-state index contributed by atoms with van der Waals surface area (Å²) in [5.74, 6) is -0.0535. The molecule has 0 saturated carbocycles. The van der Waals surface area contributed by atoms with Crippen molar-refractivity contribution in [1.29, 1.82) is 0 Å². The van der Waals surface area contributed by atoms with Crippen molar-refractivity contribution in [2.45, 2.75) is 6.04 Å². The van der Waals surface area contributed by atoms with E-state index >= 15 is 0 Å². The van der Waals surface area contributed by atoms with E-state index in [1.165, 1.54) is 0 Å². The van der Waals surface area contributed by atoms with E-state index in [1.807, 2.05) is 60.7 Å². The van der Waals surface area contributed by atoms with Crippen LogP contribution in [0.4, 0.5) is 0 Å². The molecule has 0 bridgehead atoms. The average Bonchev–Trinajstić information content (AvgIpc) is 2.61. The highest BCUT2D eigenvalue weighted by atomic mass is 32.1. The summed E-state index contributed by atoms with van der Waals surface area (Å²) in [6, 6.07) is 18.3. The lowest BCUT2D eigenvalue weighted by Gasteiger charge is -2.17. The third kappa shape index (κ3) is 4.05. The molecule has 1 aliphatic rings. The zero-order valence-corrected chi connectivity index (χ0v) is 13.5. The second kappa shape index (κ2) is 7.52. The summed E-state index contributed by atoms with van der Waals surface area (Å²) in [7, 11) is 0. The van der Waals surface area contributed by atoms with Gasteiger partial charge in [0.15, 0.2) is 11.9 Å². The predicted molar refractivity (Wildman–Crippen MR) is 100 cm³/mol. The monoisotopic (exact) mass is 334 g/mol. The topological polar surface area (TPSA) is 66.2 Å². The Morgan fingerprint density at radius 3 is 2.17 bits per heavy atom. The molecule has 1 aliphatic heterocycles. The average molecular weight is 334 g/mol. The van der Waals surface area contributed by atoms with E-state index in [0.717, 1.165) is 11.1 Å². The van der Waals surface area contributed by atoms with Crippen LogP contribution in [0.3, 0.4) is 0 Å². The van der Waals surface area contributed by atoms with Gasteiger partial charge in [-0.25, -0.2) is 9.98 Å². The Hall–Kier alpha value is -2.99. The summed E-state index contributed by atoms with van der Waals surface area (Å²) < 4.78 is 0. The number of amidine groups is 1. The quantitative estimate of drug-likeness (QED) is 0.692. The smallest absolute Gasteiger partial charge is 0.258 e. The number of carbonyl (C=O) groups is 1. The van der Waals surface area contributed by atoms with Crippen molar-refractivity contribution in [3.63, 3.8) is 0 Å². The molecule has 2 aromatic rings. The highest BCUT2D eigenvalue weighted by Crippen LogP contribution is 2.06. The lowest BCUT2D eigenvalue weighted by molar-refractivity contribution is -0.119. The maximum Gasteiger partial charge on any atom is 0.258 e. The maximum absolute atomic E-state index is 12.2. The molecule has 2 aromatic carbocycles. The van der Waals surface area contributed by atoms with Crippen LogP contribution in [0.5, 0.6) is 0 Å². The number of amides is 1. The fraction of sp³-hybridized carbons (Fsp3) is 0.0556. The van der Waals surface area contributed by atoms with Crippen LogP contribution in [-0.4, -0.2) is 35.3 Å². The Bertz CT molecular complexity index is 829. The number of carbonyl (C=O) groups excluding carboxylic acids is 1. The van der Waals surface area contributed by atoms with E-state index in [-0.39, 0.29) is 16.9 Å². The molecule has 24 heavy (non-hydrogen) atoms. The molecule has 1 atom stereocenters. The first-order chi connectivity index (χ1) is 11.7. The molecule has 1 unspecified atom stereocenters. The van der Waals surface area contributed by atoms with E-state index in [9.17, 15) is 4.79 Å². The lowest BCUT2D eigenvalue weighted by atomic mass is 10.2. The van der Waals surface area contributed by atoms with Gasteiger partial charge in [0.05, 0.1) is 0 Å². The van der Waals surface area contributed by atoms with E-state index in [4.69, 9.17) is 12.2 Å². The van der Waals surface area contributed by atoms with Gasteiger partial charge in [0.1, 0.15) is 0 Å². The molecule has 3 rings (SSSR count). The minimum Gasteiger partial charge on any atom is -0.299 e. The van der Waals surface area contributed by atoms with Crippen molar-refractivity contribution in [2.24, 2.45) is 15.0 Å². The zero-order chi connectivity index (χ0) is 16.8. The van der Waals surface area contributed by atoms with Gasteiger partial charge in [0, 0.05) is 12.4 Å². The van der Waals surface area contributed by atoms with Gasteiger partial charge in [-0.2, -0.15) is 0 Å². The van der Waals surface area contributed by atoms with Gasteiger partial charge < -0.3 is 0 Å². The van der Waals surface area contributed by atoms with Crippen molar-refractivity contribution >= 4 is 41.5 Å². The molecule has 0 aliphatic carbocycles. The number of benzene rings is 2. The van der Waals surface area contributed by atoms with Crippen molar-refractivity contribution < 1.29 is 4.79 Å². The Labute approximate surface area is 144 Å². The molecule has 0 aromatic heterocycles. The summed E-state index contributed by atoms with van der Waals surface area (Å²) in [6.07, 6.45) is 3.28. The Kier molecular flexibility index (Phi) is 4.98. The van der Waals surface area contributed by atoms with Crippen LogP contribution in [0.15, 0.2) is 75.6 Å². The molecular formula is C18H14N4OS. The molecule has 1 amide bonds. The molecule has 0 radical (unpaired) electrons. The predicted octanol–water partition coefficient (Wildman–Crippen LogP) is 2.41. The highest BCUT2D eigenvalue weighted by molar-refractivity contribution is 7.80. The molecule has 6 heteroatoms. The van der Waals surface area contributed by atoms with E-state index < -0.39 is 6.04 Å². The van der Waals surface area contributed by atoms with E-state index in [2.05, 4.69) is 20.3 Å². The third-order valence-electron chi connectivity index (χ3n) is 3.26. The van der Waals surface area contributed by atoms with Gasteiger partial charge in [-0.3, -0.25) is 15.1 Å². The number of hydrogen-bond acceptors (Lipinski definition) is 4. The first-order valence-corrected chi connectivity index (χ1v) is 7.74. The summed E-state index contributed by atoms with van der Waals surface area (Å²) in [6.45, 7) is 0. The first-order valence-electron chi connectivity index (χ1n) is 7.33. The van der Waals surface area contributed by atoms with Crippen molar-refractivity contribution in [3.05, 3.63) is 71.8 Å². The first kappa shape index (κ1) is 15.9. The normalized spacial score (nSPS) is 18.0. The molecule has 5 nitrogen and oxygen atoms in total. The van der Waals surface area contributed by atoms with Crippen LogP contribution in [0, 0.1) is 0 Å². The van der Waals surface area contributed by atoms with Crippen molar-refractivity contribution in [1.82, 2.24) is 5.32 Å². The number of nitrogens with zero attached hydrogens (tertiary/aromatic N) is 3. The van der Waals surface area contributed by atoms with Gasteiger partial charge >= 0.3 is 0 Å². The fourth-order valence-electron chi connectivity index (χ4n) is 2.10. The summed E-state index contributed by atoms with van der Waals surface area (Å²) >= 11 is 4.98. The van der Waals surface area contributed by atoms with Crippen molar-refractivity contribution in [2.75, 3.05) is 0 Å². The maximum atomic E-state index is 12.2. The number of nitrogens with one attached hydrogen (secondary N) is 1. The van der Waals surface area contributed by atoms with E-state index in [0.29, 0.717) is 0 Å². The Balaban J connectivity index is 1.86. The third-order valence-corrected chi connectivity index (χ3v) is 3.45. The molecule has 0 spiro atoms. The summed E-state index contributed by atoms with van der Waals surface area (Å²) in [5, 5.41) is 2.61. The highest BCUT2D eigenvalue weighted by Gasteiger charge is 2.28. The zero-order valence-electron chi connectivity index (χ0n) is 12.7. The minimum absolute atomic E-state index is 0.103. The SMILES string of the molecule is O=C1NC(=S)N=C(N=Cc2ccccc2)C1N=Cc1ccccc1. The second-order valence-corrected chi connectivity index (χ2v) is 5.41. The van der Waals surface area contributed by atoms with Crippen LogP contribution in [-0.2, 0) is 4.79 Å². The number of rotatable bonds is 3. The largest absolute Gasteiger partial charge is 0.299 e. The Morgan fingerprint density at radius 1 is 0.958 bits per heavy atom. The molecule has 1 N–H and O–H groups in total. The van der Waals surface area contributed by atoms with Gasteiger partial charge in [-0.05, 0) is 23.3 Å². The van der Waals surface area contributed by atoms with E-state index in [1.54, 1.807) is 12.4 Å². The van der Waals surface area contributed by atoms with Gasteiger partial charge in [0.2, 0.25) is 5.11 Å². The summed E-state index contributed by atoms with van der Waals surface area (Å²) in [4.78, 5) is 25.0. The summed E-state index contributed by atoms with van der Waals surface area (Å²) in [5.41, 5.74) is 1.80. The molecule has 118 valence electrons. The lowest BCUT2D eigenvalue weighted by Crippen LogP contribution is -2.45.